The van der Waals surface area contributed by atoms with Crippen molar-refractivity contribution in [3.8, 4) is 5.75 Å². The van der Waals surface area contributed by atoms with E-state index < -0.39 is 0 Å². The Balaban J connectivity index is 1.63. The quantitative estimate of drug-likeness (QED) is 0.558. The van der Waals surface area contributed by atoms with Crippen LogP contribution in [0.5, 0.6) is 5.75 Å². The average Bonchev–Trinajstić information content (AvgIpc) is 2.91. The van der Waals surface area contributed by atoms with Gasteiger partial charge in [-0.3, -0.25) is 14.6 Å². The van der Waals surface area contributed by atoms with E-state index in [9.17, 15) is 14.7 Å². The smallest absolute Gasteiger partial charge is 0.258 e. The molecule has 1 fully saturated rings. The van der Waals surface area contributed by atoms with Crippen LogP contribution in [0.25, 0.3) is 0 Å². The van der Waals surface area contributed by atoms with E-state index in [0.717, 1.165) is 6.54 Å². The highest BCUT2D eigenvalue weighted by atomic mass is 16.5. The first-order chi connectivity index (χ1) is 17.9. The number of hydrogen-bond acceptors (Lipinski definition) is 6. The van der Waals surface area contributed by atoms with Crippen LogP contribution in [0.4, 0.5) is 5.69 Å². The maximum absolute atomic E-state index is 13.6. The van der Waals surface area contributed by atoms with Gasteiger partial charge in [0.2, 0.25) is 0 Å². The second-order valence-corrected chi connectivity index (χ2v) is 10.7. The molecule has 2 heterocycles. The molecule has 200 valence electrons. The Kier molecular flexibility index (Phi) is 9.16. The normalized spacial score (nSPS) is 21.5. The summed E-state index contributed by atoms with van der Waals surface area (Å²) in [6, 6.07) is 8.19. The number of likely N-dealkylation sites (N-methyl/N-ethyl adjacent to an activating group) is 1. The molecule has 3 atom stereocenters. The molecule has 0 spiro atoms. The summed E-state index contributed by atoms with van der Waals surface area (Å²) in [4.78, 5) is 34.7. The lowest BCUT2D eigenvalue weighted by Gasteiger charge is -2.39. The fourth-order valence-corrected chi connectivity index (χ4v) is 5.45. The minimum absolute atomic E-state index is 0.0175. The number of anilines is 1. The standard InChI is InChI=1S/C29H40N4O4/c1-20-16-33(21(2)19-34)29(36)24-10-7-11-25(31-28(35)23-12-14-30-15-13-23)27(24)37-26(20)18-32(3)17-22-8-5-4-6-9-22/h7,10-15,20-22,26,34H,4-6,8-9,16-19H2,1-3H3,(H,31,35)/t20-,21-,26-/m1/s1. The van der Waals surface area contributed by atoms with Gasteiger partial charge in [-0.15, -0.1) is 0 Å². The zero-order chi connectivity index (χ0) is 26.4. The number of aliphatic hydroxyl groups is 1. The number of rotatable bonds is 8. The molecule has 1 aliphatic carbocycles. The lowest BCUT2D eigenvalue weighted by molar-refractivity contribution is 0.0332. The SMILES string of the molecule is C[C@@H]1CN([C@H](C)CO)C(=O)c2cccc(NC(=O)c3ccncc3)c2O[C@@H]1CN(C)CC1CCCCC1. The van der Waals surface area contributed by atoms with Crippen molar-refractivity contribution in [1.29, 1.82) is 0 Å². The first-order valence-corrected chi connectivity index (χ1v) is 13.5. The molecule has 0 saturated heterocycles. The molecule has 2 N–H and O–H groups in total. The second-order valence-electron chi connectivity index (χ2n) is 10.7. The third-order valence-electron chi connectivity index (χ3n) is 7.67. The largest absolute Gasteiger partial charge is 0.486 e. The van der Waals surface area contributed by atoms with Crippen molar-refractivity contribution < 1.29 is 19.4 Å². The Bertz CT molecular complexity index is 1060. The predicted molar refractivity (Wildman–Crippen MR) is 144 cm³/mol. The van der Waals surface area contributed by atoms with Crippen LogP contribution >= 0.6 is 0 Å². The Morgan fingerprint density at radius 3 is 2.62 bits per heavy atom. The van der Waals surface area contributed by atoms with Crippen LogP contribution in [-0.2, 0) is 0 Å². The number of nitrogens with zero attached hydrogens (tertiary/aromatic N) is 3. The minimum Gasteiger partial charge on any atom is -0.486 e. The first-order valence-electron chi connectivity index (χ1n) is 13.5. The summed E-state index contributed by atoms with van der Waals surface area (Å²) in [5, 5.41) is 12.8. The van der Waals surface area contributed by atoms with E-state index in [2.05, 4.69) is 29.2 Å². The first kappa shape index (κ1) is 27.1. The summed E-state index contributed by atoms with van der Waals surface area (Å²) in [7, 11) is 2.14. The number of benzene rings is 1. The molecule has 8 nitrogen and oxygen atoms in total. The van der Waals surface area contributed by atoms with Gasteiger partial charge in [0.1, 0.15) is 6.10 Å². The molecule has 1 aliphatic heterocycles. The van der Waals surface area contributed by atoms with Gasteiger partial charge in [0.05, 0.1) is 23.9 Å². The second kappa shape index (κ2) is 12.5. The molecule has 2 aromatic rings. The molecule has 1 aromatic heterocycles. The number of aliphatic hydroxyl groups excluding tert-OH is 1. The Hall–Kier alpha value is -2.97. The predicted octanol–water partition coefficient (Wildman–Crippen LogP) is 4.07. The Morgan fingerprint density at radius 2 is 1.92 bits per heavy atom. The van der Waals surface area contributed by atoms with E-state index in [0.29, 0.717) is 41.6 Å². The van der Waals surface area contributed by atoms with Crippen LogP contribution < -0.4 is 10.1 Å². The molecule has 2 amide bonds. The molecule has 0 unspecified atom stereocenters. The number of pyridine rings is 1. The topological polar surface area (TPSA) is 95.0 Å². The van der Waals surface area contributed by atoms with E-state index >= 15 is 0 Å². The Morgan fingerprint density at radius 1 is 1.19 bits per heavy atom. The highest BCUT2D eigenvalue weighted by molar-refractivity contribution is 6.07. The van der Waals surface area contributed by atoms with E-state index in [1.54, 1.807) is 47.6 Å². The summed E-state index contributed by atoms with van der Waals surface area (Å²) in [5.74, 6) is 0.597. The lowest BCUT2D eigenvalue weighted by atomic mass is 9.89. The summed E-state index contributed by atoms with van der Waals surface area (Å²) in [5.41, 5.74) is 1.32. The van der Waals surface area contributed by atoms with Crippen LogP contribution in [0.1, 0.15) is 66.7 Å². The van der Waals surface area contributed by atoms with Gasteiger partial charge in [-0.1, -0.05) is 32.3 Å². The molecule has 2 aliphatic rings. The fraction of sp³-hybridized carbons (Fsp3) is 0.552. The van der Waals surface area contributed by atoms with E-state index in [1.165, 1.54) is 32.1 Å². The highest BCUT2D eigenvalue weighted by Crippen LogP contribution is 2.35. The molecule has 4 rings (SSSR count). The highest BCUT2D eigenvalue weighted by Gasteiger charge is 2.35. The number of carbonyl (C=O) groups is 2. The maximum atomic E-state index is 13.6. The third kappa shape index (κ3) is 6.67. The van der Waals surface area contributed by atoms with Crippen LogP contribution in [-0.4, -0.2) is 77.1 Å². The zero-order valence-electron chi connectivity index (χ0n) is 22.2. The van der Waals surface area contributed by atoms with Gasteiger partial charge in [0.15, 0.2) is 5.75 Å². The third-order valence-corrected chi connectivity index (χ3v) is 7.67. The van der Waals surface area contributed by atoms with Gasteiger partial charge in [0.25, 0.3) is 11.8 Å². The maximum Gasteiger partial charge on any atom is 0.258 e. The van der Waals surface area contributed by atoms with E-state index in [-0.39, 0.29) is 36.5 Å². The van der Waals surface area contributed by atoms with Gasteiger partial charge in [-0.05, 0) is 57.0 Å². The number of para-hydroxylation sites is 1. The van der Waals surface area contributed by atoms with Crippen molar-refractivity contribution in [2.75, 3.05) is 38.6 Å². The Labute approximate surface area is 220 Å². The van der Waals surface area contributed by atoms with Crippen LogP contribution in [0.3, 0.4) is 0 Å². The van der Waals surface area contributed by atoms with Gasteiger partial charge < -0.3 is 25.0 Å². The van der Waals surface area contributed by atoms with Crippen LogP contribution in [0, 0.1) is 11.8 Å². The molecular formula is C29H40N4O4. The molecule has 1 saturated carbocycles. The number of nitrogens with one attached hydrogen (secondary N) is 1. The van der Waals surface area contributed by atoms with Crippen LogP contribution in [0.15, 0.2) is 42.7 Å². The zero-order valence-corrected chi connectivity index (χ0v) is 22.2. The lowest BCUT2D eigenvalue weighted by Crippen LogP contribution is -2.50. The number of amides is 2. The number of fused-ring (bicyclic) bond motifs is 1. The molecule has 1 aromatic carbocycles. The van der Waals surface area contributed by atoms with Gasteiger partial charge in [0, 0.05) is 43.5 Å². The van der Waals surface area contributed by atoms with Gasteiger partial charge in [-0.25, -0.2) is 0 Å². The van der Waals surface area contributed by atoms with Gasteiger partial charge >= 0.3 is 0 Å². The number of aromatic nitrogens is 1. The van der Waals surface area contributed by atoms with Gasteiger partial charge in [-0.2, -0.15) is 0 Å². The molecular weight excluding hydrogens is 468 g/mol. The van der Waals surface area contributed by atoms with Crippen molar-refractivity contribution in [3.05, 3.63) is 53.9 Å². The van der Waals surface area contributed by atoms with Crippen molar-refractivity contribution >= 4 is 17.5 Å². The summed E-state index contributed by atoms with van der Waals surface area (Å²) < 4.78 is 6.63. The average molecular weight is 509 g/mol. The summed E-state index contributed by atoms with van der Waals surface area (Å²) >= 11 is 0. The fourth-order valence-electron chi connectivity index (χ4n) is 5.45. The van der Waals surface area contributed by atoms with Crippen molar-refractivity contribution in [2.24, 2.45) is 11.8 Å². The van der Waals surface area contributed by atoms with Crippen molar-refractivity contribution in [1.82, 2.24) is 14.8 Å². The number of hydrogen-bond donors (Lipinski definition) is 2. The van der Waals surface area contributed by atoms with E-state index in [4.69, 9.17) is 4.74 Å². The minimum atomic E-state index is -0.336. The number of carbonyl (C=O) groups excluding carboxylic acids is 2. The van der Waals surface area contributed by atoms with Crippen LogP contribution in [0.2, 0.25) is 0 Å². The molecule has 0 radical (unpaired) electrons. The molecule has 37 heavy (non-hydrogen) atoms. The van der Waals surface area contributed by atoms with E-state index in [1.807, 2.05) is 6.92 Å². The molecule has 0 bridgehead atoms. The monoisotopic (exact) mass is 508 g/mol. The summed E-state index contributed by atoms with van der Waals surface area (Å²) in [6.07, 6.45) is 9.42. The van der Waals surface area contributed by atoms with Crippen molar-refractivity contribution in [3.63, 3.8) is 0 Å². The van der Waals surface area contributed by atoms with Crippen molar-refractivity contribution in [2.45, 2.75) is 58.1 Å². The molecule has 8 heteroatoms. The summed E-state index contributed by atoms with van der Waals surface area (Å²) in [6.45, 7) is 6.03. The number of ether oxygens (including phenoxy) is 1.